The first-order valence-corrected chi connectivity index (χ1v) is 8.27. The van der Waals surface area contributed by atoms with Crippen molar-refractivity contribution in [1.29, 1.82) is 0 Å². The minimum absolute atomic E-state index is 0.0399. The van der Waals surface area contributed by atoms with Gasteiger partial charge in [0.2, 0.25) is 5.91 Å². The van der Waals surface area contributed by atoms with Crippen LogP contribution < -0.4 is 9.47 Å². The molecule has 0 fully saturated rings. The number of hydrogen-bond donors (Lipinski definition) is 0. The third-order valence-corrected chi connectivity index (χ3v) is 3.77. The molecule has 1 heterocycles. The fourth-order valence-corrected chi connectivity index (χ4v) is 2.31. The van der Waals surface area contributed by atoms with Gasteiger partial charge in [-0.25, -0.2) is 0 Å². The van der Waals surface area contributed by atoms with E-state index in [2.05, 4.69) is 4.98 Å². The summed E-state index contributed by atoms with van der Waals surface area (Å²) in [7, 11) is 3.40. The lowest BCUT2D eigenvalue weighted by atomic mass is 10.1. The average molecular weight is 340 g/mol. The highest BCUT2D eigenvalue weighted by atomic mass is 16.5. The Morgan fingerprint density at radius 3 is 2.64 bits per heavy atom. The van der Waals surface area contributed by atoms with Crippen molar-refractivity contribution in [3.05, 3.63) is 59.9 Å². The highest BCUT2D eigenvalue weighted by Gasteiger charge is 2.07. The molecule has 0 aliphatic carbocycles. The molecule has 0 N–H and O–H groups in total. The van der Waals surface area contributed by atoms with Crippen molar-refractivity contribution in [2.75, 3.05) is 27.3 Å². The van der Waals surface area contributed by atoms with E-state index in [0.717, 1.165) is 17.5 Å². The van der Waals surface area contributed by atoms with Gasteiger partial charge in [0.25, 0.3) is 0 Å². The molecule has 0 spiro atoms. The number of carbonyl (C=O) groups is 1. The molecule has 0 aliphatic rings. The van der Waals surface area contributed by atoms with E-state index >= 15 is 0 Å². The lowest BCUT2D eigenvalue weighted by molar-refractivity contribution is -0.124. The fourth-order valence-electron chi connectivity index (χ4n) is 2.31. The van der Waals surface area contributed by atoms with Gasteiger partial charge in [0, 0.05) is 32.1 Å². The van der Waals surface area contributed by atoms with Crippen LogP contribution in [0.5, 0.6) is 11.5 Å². The summed E-state index contributed by atoms with van der Waals surface area (Å²) in [6.07, 6.45) is 7.67. The number of likely N-dealkylation sites (N-methyl/N-ethyl adjacent to an activating group) is 1. The van der Waals surface area contributed by atoms with Crippen LogP contribution in [0.3, 0.4) is 0 Å². The largest absolute Gasteiger partial charge is 0.493 e. The van der Waals surface area contributed by atoms with Gasteiger partial charge in [0.1, 0.15) is 0 Å². The summed E-state index contributed by atoms with van der Waals surface area (Å²) in [6.45, 7) is 3.15. The van der Waals surface area contributed by atoms with Crippen molar-refractivity contribution in [2.45, 2.75) is 13.3 Å². The van der Waals surface area contributed by atoms with Crippen molar-refractivity contribution >= 4 is 12.0 Å². The van der Waals surface area contributed by atoms with E-state index in [-0.39, 0.29) is 5.91 Å². The zero-order chi connectivity index (χ0) is 18.1. The van der Waals surface area contributed by atoms with E-state index < -0.39 is 0 Å². The van der Waals surface area contributed by atoms with Crippen LogP contribution in [0.25, 0.3) is 6.08 Å². The Balaban J connectivity index is 1.94. The number of rotatable bonds is 8. The number of aromatic nitrogens is 1. The van der Waals surface area contributed by atoms with Crippen molar-refractivity contribution < 1.29 is 14.3 Å². The van der Waals surface area contributed by atoms with Gasteiger partial charge >= 0.3 is 0 Å². The Kier molecular flexibility index (Phi) is 7.01. The number of amides is 1. The van der Waals surface area contributed by atoms with Gasteiger partial charge in [-0.15, -0.1) is 0 Å². The SMILES string of the molecule is CCOc1ccc(/C=C/C(=O)N(C)CCc2ccncc2)cc1OC. The first kappa shape index (κ1) is 18.5. The van der Waals surface area contributed by atoms with Crippen LogP contribution in [-0.4, -0.2) is 43.1 Å². The van der Waals surface area contributed by atoms with Crippen molar-refractivity contribution in [2.24, 2.45) is 0 Å². The standard InChI is InChI=1S/C20H24N2O3/c1-4-25-18-7-5-17(15-19(18)24-3)6-8-20(23)22(2)14-11-16-9-12-21-13-10-16/h5-10,12-13,15H,4,11,14H2,1-3H3/b8-6+. The Morgan fingerprint density at radius 2 is 1.96 bits per heavy atom. The number of pyridine rings is 1. The van der Waals surface area contributed by atoms with E-state index in [1.54, 1.807) is 43.6 Å². The van der Waals surface area contributed by atoms with Crippen LogP contribution >= 0.6 is 0 Å². The maximum Gasteiger partial charge on any atom is 0.246 e. The summed E-state index contributed by atoms with van der Waals surface area (Å²) < 4.78 is 10.8. The molecule has 5 nitrogen and oxygen atoms in total. The molecule has 1 aromatic heterocycles. The number of carbonyl (C=O) groups excluding carboxylic acids is 1. The smallest absolute Gasteiger partial charge is 0.246 e. The Hall–Kier alpha value is -2.82. The second kappa shape index (κ2) is 9.47. The van der Waals surface area contributed by atoms with Gasteiger partial charge < -0.3 is 14.4 Å². The van der Waals surface area contributed by atoms with Crippen LogP contribution in [0.4, 0.5) is 0 Å². The van der Waals surface area contributed by atoms with E-state index in [0.29, 0.717) is 24.7 Å². The van der Waals surface area contributed by atoms with Gasteiger partial charge in [0.05, 0.1) is 13.7 Å². The normalized spacial score (nSPS) is 10.7. The molecule has 0 unspecified atom stereocenters. The van der Waals surface area contributed by atoms with Gasteiger partial charge in [-0.2, -0.15) is 0 Å². The van der Waals surface area contributed by atoms with E-state index in [4.69, 9.17) is 9.47 Å². The van der Waals surface area contributed by atoms with Gasteiger partial charge in [-0.1, -0.05) is 6.07 Å². The Labute approximate surface area is 148 Å². The second-order valence-corrected chi connectivity index (χ2v) is 5.54. The Bertz CT molecular complexity index is 714. The summed E-state index contributed by atoms with van der Waals surface area (Å²) in [5, 5.41) is 0. The first-order valence-electron chi connectivity index (χ1n) is 8.27. The summed E-state index contributed by atoms with van der Waals surface area (Å²) in [5.74, 6) is 1.31. The number of methoxy groups -OCH3 is 1. The molecule has 0 saturated heterocycles. The van der Waals surface area contributed by atoms with Crippen LogP contribution in [-0.2, 0) is 11.2 Å². The molecule has 0 aliphatic heterocycles. The fraction of sp³-hybridized carbons (Fsp3) is 0.300. The third-order valence-electron chi connectivity index (χ3n) is 3.77. The predicted octanol–water partition coefficient (Wildman–Crippen LogP) is 3.20. The molecule has 132 valence electrons. The summed E-state index contributed by atoms with van der Waals surface area (Å²) in [4.78, 5) is 17.9. The minimum Gasteiger partial charge on any atom is -0.493 e. The molecule has 25 heavy (non-hydrogen) atoms. The van der Waals surface area contributed by atoms with Gasteiger partial charge in [-0.3, -0.25) is 9.78 Å². The zero-order valence-electron chi connectivity index (χ0n) is 14.9. The zero-order valence-corrected chi connectivity index (χ0v) is 14.9. The van der Waals surface area contributed by atoms with Gasteiger partial charge in [0.15, 0.2) is 11.5 Å². The highest BCUT2D eigenvalue weighted by Crippen LogP contribution is 2.28. The highest BCUT2D eigenvalue weighted by molar-refractivity contribution is 5.91. The molecule has 2 aromatic rings. The van der Waals surface area contributed by atoms with E-state index in [1.807, 2.05) is 37.3 Å². The maximum atomic E-state index is 12.2. The molecule has 0 atom stereocenters. The molecule has 2 rings (SSSR count). The van der Waals surface area contributed by atoms with E-state index in [9.17, 15) is 4.79 Å². The quantitative estimate of drug-likeness (QED) is 0.693. The van der Waals surface area contributed by atoms with Crippen molar-refractivity contribution in [3.63, 3.8) is 0 Å². The monoisotopic (exact) mass is 340 g/mol. The van der Waals surface area contributed by atoms with Crippen LogP contribution in [0.15, 0.2) is 48.8 Å². The molecule has 0 radical (unpaired) electrons. The molecule has 1 aromatic carbocycles. The third kappa shape index (κ3) is 5.64. The molecule has 0 bridgehead atoms. The molecule has 0 saturated carbocycles. The van der Waals surface area contributed by atoms with Crippen LogP contribution in [0.2, 0.25) is 0 Å². The molecule has 1 amide bonds. The minimum atomic E-state index is -0.0399. The number of hydrogen-bond acceptors (Lipinski definition) is 4. The molecular formula is C20H24N2O3. The first-order chi connectivity index (χ1) is 12.1. The van der Waals surface area contributed by atoms with Crippen LogP contribution in [0.1, 0.15) is 18.1 Å². The molecule has 5 heteroatoms. The number of nitrogens with zero attached hydrogens (tertiary/aromatic N) is 2. The van der Waals surface area contributed by atoms with E-state index in [1.165, 1.54) is 0 Å². The second-order valence-electron chi connectivity index (χ2n) is 5.54. The predicted molar refractivity (Wildman–Crippen MR) is 98.8 cm³/mol. The number of ether oxygens (including phenoxy) is 2. The summed E-state index contributed by atoms with van der Waals surface area (Å²) in [5.41, 5.74) is 2.05. The number of benzene rings is 1. The topological polar surface area (TPSA) is 51.7 Å². The van der Waals surface area contributed by atoms with Crippen LogP contribution in [0, 0.1) is 0 Å². The van der Waals surface area contributed by atoms with Crippen molar-refractivity contribution in [3.8, 4) is 11.5 Å². The lowest BCUT2D eigenvalue weighted by Crippen LogP contribution is -2.27. The summed E-state index contributed by atoms with van der Waals surface area (Å²) in [6, 6.07) is 9.51. The lowest BCUT2D eigenvalue weighted by Gasteiger charge is -2.15. The van der Waals surface area contributed by atoms with Gasteiger partial charge in [-0.05, 0) is 54.8 Å². The maximum absolute atomic E-state index is 12.2. The average Bonchev–Trinajstić information content (AvgIpc) is 2.66. The Morgan fingerprint density at radius 1 is 1.20 bits per heavy atom. The van der Waals surface area contributed by atoms with Crippen molar-refractivity contribution in [1.82, 2.24) is 9.88 Å². The summed E-state index contributed by atoms with van der Waals surface area (Å²) >= 11 is 0. The molecular weight excluding hydrogens is 316 g/mol.